The number of benzene rings is 2. The van der Waals surface area contributed by atoms with Gasteiger partial charge in [0.25, 0.3) is 0 Å². The molecule has 0 aliphatic rings. The first-order chi connectivity index (χ1) is 9.04. The Bertz CT molecular complexity index is 605. The lowest BCUT2D eigenvalue weighted by Gasteiger charge is -2.09. The van der Waals surface area contributed by atoms with Gasteiger partial charge in [0, 0.05) is 11.4 Å². The first-order valence-electron chi connectivity index (χ1n) is 6.26. The summed E-state index contributed by atoms with van der Waals surface area (Å²) in [7, 11) is 0. The molecular formula is C16H18N2O. The number of nitrogen functional groups attached to an aromatic ring is 1. The number of anilines is 2. The van der Waals surface area contributed by atoms with Crippen molar-refractivity contribution in [2.24, 2.45) is 0 Å². The van der Waals surface area contributed by atoms with Crippen LogP contribution < -0.4 is 11.1 Å². The van der Waals surface area contributed by atoms with Crippen LogP contribution in [-0.2, 0) is 11.2 Å². The van der Waals surface area contributed by atoms with Gasteiger partial charge < -0.3 is 11.1 Å². The molecule has 0 atom stereocenters. The molecule has 0 aliphatic carbocycles. The number of carbonyl (C=O) groups excluding carboxylic acids is 1. The topological polar surface area (TPSA) is 55.1 Å². The molecular weight excluding hydrogens is 236 g/mol. The fraction of sp³-hybridized carbons (Fsp3) is 0.188. The summed E-state index contributed by atoms with van der Waals surface area (Å²) < 4.78 is 0. The van der Waals surface area contributed by atoms with Gasteiger partial charge in [-0.15, -0.1) is 0 Å². The minimum Gasteiger partial charge on any atom is -0.399 e. The second-order valence-corrected chi connectivity index (χ2v) is 4.79. The van der Waals surface area contributed by atoms with E-state index in [-0.39, 0.29) is 5.91 Å². The van der Waals surface area contributed by atoms with Gasteiger partial charge in [-0.1, -0.05) is 24.3 Å². The maximum atomic E-state index is 12.0. The second kappa shape index (κ2) is 5.57. The van der Waals surface area contributed by atoms with E-state index in [4.69, 9.17) is 5.73 Å². The normalized spacial score (nSPS) is 10.2. The lowest BCUT2D eigenvalue weighted by atomic mass is 10.1. The van der Waals surface area contributed by atoms with E-state index >= 15 is 0 Å². The van der Waals surface area contributed by atoms with Crippen LogP contribution >= 0.6 is 0 Å². The molecule has 0 fully saturated rings. The molecule has 98 valence electrons. The highest BCUT2D eigenvalue weighted by molar-refractivity contribution is 5.93. The Morgan fingerprint density at radius 2 is 1.95 bits per heavy atom. The quantitative estimate of drug-likeness (QED) is 0.827. The van der Waals surface area contributed by atoms with Gasteiger partial charge in [0.2, 0.25) is 5.91 Å². The van der Waals surface area contributed by atoms with Crippen LogP contribution in [-0.4, -0.2) is 5.91 Å². The van der Waals surface area contributed by atoms with E-state index < -0.39 is 0 Å². The van der Waals surface area contributed by atoms with Crippen LogP contribution in [0.3, 0.4) is 0 Å². The van der Waals surface area contributed by atoms with Crippen molar-refractivity contribution in [2.45, 2.75) is 20.3 Å². The molecule has 0 radical (unpaired) electrons. The minimum atomic E-state index is -0.0284. The van der Waals surface area contributed by atoms with Gasteiger partial charge in [0.15, 0.2) is 0 Å². The molecule has 3 heteroatoms. The number of aryl methyl sites for hydroxylation is 2. The third-order valence-corrected chi connectivity index (χ3v) is 2.98. The Morgan fingerprint density at radius 3 is 2.68 bits per heavy atom. The predicted octanol–water partition coefficient (Wildman–Crippen LogP) is 3.07. The minimum absolute atomic E-state index is 0.0284. The number of amides is 1. The van der Waals surface area contributed by atoms with E-state index in [0.717, 1.165) is 22.4 Å². The molecule has 0 spiro atoms. The molecule has 0 heterocycles. The third kappa shape index (κ3) is 3.58. The Hall–Kier alpha value is -2.29. The fourth-order valence-corrected chi connectivity index (χ4v) is 1.95. The van der Waals surface area contributed by atoms with Gasteiger partial charge in [-0.2, -0.15) is 0 Å². The largest absolute Gasteiger partial charge is 0.399 e. The van der Waals surface area contributed by atoms with Gasteiger partial charge in [-0.3, -0.25) is 4.79 Å². The van der Waals surface area contributed by atoms with Crippen LogP contribution in [0.1, 0.15) is 16.7 Å². The van der Waals surface area contributed by atoms with Crippen molar-refractivity contribution in [2.75, 3.05) is 11.1 Å². The summed E-state index contributed by atoms with van der Waals surface area (Å²) >= 11 is 0. The standard InChI is InChI=1S/C16H18N2O/c1-11-6-7-12(2)15(8-11)18-16(19)10-13-4-3-5-14(17)9-13/h3-9H,10,17H2,1-2H3,(H,18,19). The van der Waals surface area contributed by atoms with Gasteiger partial charge >= 0.3 is 0 Å². The van der Waals surface area contributed by atoms with Crippen molar-refractivity contribution in [3.05, 3.63) is 59.2 Å². The van der Waals surface area contributed by atoms with E-state index in [1.165, 1.54) is 0 Å². The maximum absolute atomic E-state index is 12.0. The number of nitrogens with one attached hydrogen (secondary N) is 1. The number of nitrogens with two attached hydrogens (primary N) is 1. The zero-order valence-corrected chi connectivity index (χ0v) is 11.2. The second-order valence-electron chi connectivity index (χ2n) is 4.79. The van der Waals surface area contributed by atoms with Crippen LogP contribution in [0.5, 0.6) is 0 Å². The summed E-state index contributed by atoms with van der Waals surface area (Å²) in [6.45, 7) is 3.99. The monoisotopic (exact) mass is 254 g/mol. The highest BCUT2D eigenvalue weighted by Crippen LogP contribution is 2.17. The number of carbonyl (C=O) groups is 1. The number of rotatable bonds is 3. The number of hydrogen-bond acceptors (Lipinski definition) is 2. The fourth-order valence-electron chi connectivity index (χ4n) is 1.95. The molecule has 2 aromatic carbocycles. The van der Waals surface area contributed by atoms with E-state index in [0.29, 0.717) is 12.1 Å². The Kier molecular flexibility index (Phi) is 3.85. The molecule has 0 saturated heterocycles. The highest BCUT2D eigenvalue weighted by atomic mass is 16.1. The Labute approximate surface area is 113 Å². The predicted molar refractivity (Wildman–Crippen MR) is 79.1 cm³/mol. The Morgan fingerprint density at radius 1 is 1.16 bits per heavy atom. The molecule has 2 aromatic rings. The molecule has 0 unspecified atom stereocenters. The molecule has 0 bridgehead atoms. The lowest BCUT2D eigenvalue weighted by Crippen LogP contribution is -2.15. The summed E-state index contributed by atoms with van der Waals surface area (Å²) in [4.78, 5) is 12.0. The maximum Gasteiger partial charge on any atom is 0.228 e. The summed E-state index contributed by atoms with van der Waals surface area (Å²) in [6.07, 6.45) is 0.332. The zero-order chi connectivity index (χ0) is 13.8. The first-order valence-corrected chi connectivity index (χ1v) is 6.26. The van der Waals surface area contributed by atoms with Gasteiger partial charge in [0.1, 0.15) is 0 Å². The summed E-state index contributed by atoms with van der Waals surface area (Å²) in [5, 5.41) is 2.94. The number of hydrogen-bond donors (Lipinski definition) is 2. The van der Waals surface area contributed by atoms with Crippen molar-refractivity contribution in [1.82, 2.24) is 0 Å². The average Bonchev–Trinajstić information content (AvgIpc) is 2.34. The summed E-state index contributed by atoms with van der Waals surface area (Å²) in [6, 6.07) is 13.4. The lowest BCUT2D eigenvalue weighted by molar-refractivity contribution is -0.115. The highest BCUT2D eigenvalue weighted by Gasteiger charge is 2.06. The van der Waals surface area contributed by atoms with Crippen molar-refractivity contribution in [3.63, 3.8) is 0 Å². The SMILES string of the molecule is Cc1ccc(C)c(NC(=O)Cc2cccc(N)c2)c1. The average molecular weight is 254 g/mol. The van der Waals surface area contributed by atoms with E-state index in [2.05, 4.69) is 5.32 Å². The zero-order valence-electron chi connectivity index (χ0n) is 11.2. The smallest absolute Gasteiger partial charge is 0.228 e. The van der Waals surface area contributed by atoms with E-state index in [1.807, 2.05) is 56.3 Å². The van der Waals surface area contributed by atoms with Crippen molar-refractivity contribution < 1.29 is 4.79 Å². The third-order valence-electron chi connectivity index (χ3n) is 2.98. The van der Waals surface area contributed by atoms with Crippen molar-refractivity contribution >= 4 is 17.3 Å². The van der Waals surface area contributed by atoms with Crippen molar-refractivity contribution in [3.8, 4) is 0 Å². The summed E-state index contributed by atoms with van der Waals surface area (Å²) in [5.74, 6) is -0.0284. The van der Waals surface area contributed by atoms with Crippen LogP contribution in [0.25, 0.3) is 0 Å². The van der Waals surface area contributed by atoms with E-state index in [9.17, 15) is 4.79 Å². The van der Waals surface area contributed by atoms with Crippen LogP contribution in [0, 0.1) is 13.8 Å². The van der Waals surface area contributed by atoms with Gasteiger partial charge in [-0.05, 0) is 48.7 Å². The van der Waals surface area contributed by atoms with Crippen LogP contribution in [0.15, 0.2) is 42.5 Å². The first kappa shape index (κ1) is 13.1. The molecule has 3 N–H and O–H groups in total. The molecule has 19 heavy (non-hydrogen) atoms. The van der Waals surface area contributed by atoms with Crippen LogP contribution in [0.4, 0.5) is 11.4 Å². The molecule has 0 saturated carbocycles. The van der Waals surface area contributed by atoms with Crippen LogP contribution in [0.2, 0.25) is 0 Å². The van der Waals surface area contributed by atoms with Crippen molar-refractivity contribution in [1.29, 1.82) is 0 Å². The molecule has 0 aromatic heterocycles. The molecule has 0 aliphatic heterocycles. The molecule has 2 rings (SSSR count). The van der Waals surface area contributed by atoms with Gasteiger partial charge in [0.05, 0.1) is 6.42 Å². The van der Waals surface area contributed by atoms with Gasteiger partial charge in [-0.25, -0.2) is 0 Å². The Balaban J connectivity index is 2.07. The van der Waals surface area contributed by atoms with E-state index in [1.54, 1.807) is 0 Å². The molecule has 3 nitrogen and oxygen atoms in total. The molecule has 1 amide bonds. The summed E-state index contributed by atoms with van der Waals surface area (Å²) in [5.41, 5.74) is 10.4.